The summed E-state index contributed by atoms with van der Waals surface area (Å²) >= 11 is 0. The van der Waals surface area contributed by atoms with E-state index in [1.54, 1.807) is 11.1 Å². The molecule has 0 saturated carbocycles. The highest BCUT2D eigenvalue weighted by Crippen LogP contribution is 2.29. The lowest BCUT2D eigenvalue weighted by molar-refractivity contribution is -0.676. The van der Waals surface area contributed by atoms with Gasteiger partial charge >= 0.3 is 18.3 Å². The minimum Gasteiger partial charge on any atom is -0.542 e. The van der Waals surface area contributed by atoms with Crippen LogP contribution in [0.2, 0.25) is 0 Å². The SMILES string of the molecule is CCn1c(CN(C=O)c2nc3cc[nH]c3nc2N)[n+](CC)c2ccc(C3CCNCC3)cc21.O=C(O)C(F)(F)F.O=C([O-])C(F)(F)F. The summed E-state index contributed by atoms with van der Waals surface area (Å²) in [6.07, 6.45) is -5.40. The third kappa shape index (κ3) is 8.87. The molecule has 4 aromatic rings. The first-order valence-electron chi connectivity index (χ1n) is 14.2. The number of carbonyl (C=O) groups excluding carboxylic acids is 2. The van der Waals surface area contributed by atoms with Crippen molar-refractivity contribution < 1.29 is 55.5 Å². The molecule has 13 nitrogen and oxygen atoms in total. The van der Waals surface area contributed by atoms with E-state index >= 15 is 0 Å². The second kappa shape index (κ2) is 15.1. The van der Waals surface area contributed by atoms with Crippen LogP contribution in [0, 0.1) is 0 Å². The highest BCUT2D eigenvalue weighted by atomic mass is 19.4. The number of benzene rings is 1. The van der Waals surface area contributed by atoms with Gasteiger partial charge < -0.3 is 31.0 Å². The first-order chi connectivity index (χ1) is 22.0. The number of nitrogens with one attached hydrogen (secondary N) is 2. The van der Waals surface area contributed by atoms with Crippen molar-refractivity contribution in [3.63, 3.8) is 0 Å². The van der Waals surface area contributed by atoms with E-state index in [9.17, 15) is 31.1 Å². The minimum absolute atomic E-state index is 0.229. The molecule has 0 aliphatic carbocycles. The summed E-state index contributed by atoms with van der Waals surface area (Å²) in [6.45, 7) is 8.38. The number of carboxylic acids is 2. The quantitative estimate of drug-likeness (QED) is 0.130. The maximum Gasteiger partial charge on any atom is 0.490 e. The molecule has 0 radical (unpaired) electrons. The number of imidazole rings is 1. The van der Waals surface area contributed by atoms with Gasteiger partial charge in [0.1, 0.15) is 18.0 Å². The molecule has 47 heavy (non-hydrogen) atoms. The Balaban J connectivity index is 0.000000360. The van der Waals surface area contributed by atoms with Crippen molar-refractivity contribution in [3.05, 3.63) is 41.9 Å². The van der Waals surface area contributed by atoms with Gasteiger partial charge in [0, 0.05) is 6.20 Å². The van der Waals surface area contributed by atoms with Gasteiger partial charge in [0.05, 0.1) is 13.1 Å². The average Bonchev–Trinajstić information content (AvgIpc) is 3.59. The van der Waals surface area contributed by atoms with Gasteiger partial charge in [-0.3, -0.25) is 9.69 Å². The van der Waals surface area contributed by atoms with Crippen LogP contribution in [-0.2, 0) is 34.0 Å². The van der Waals surface area contributed by atoms with E-state index in [2.05, 4.69) is 61.4 Å². The average molecular weight is 675 g/mol. The smallest absolute Gasteiger partial charge is 0.490 e. The van der Waals surface area contributed by atoms with Crippen molar-refractivity contribution >= 4 is 52.2 Å². The Bertz CT molecular complexity index is 1690. The van der Waals surface area contributed by atoms with Gasteiger partial charge in [-0.15, -0.1) is 0 Å². The fraction of sp³-hybridized carbons (Fsp3) is 0.429. The van der Waals surface area contributed by atoms with Gasteiger partial charge in [0.15, 0.2) is 28.3 Å². The predicted octanol–water partition coefficient (Wildman–Crippen LogP) is 2.38. The number of nitrogens with zero attached hydrogens (tertiary/aromatic N) is 5. The fourth-order valence-electron chi connectivity index (χ4n) is 5.09. The van der Waals surface area contributed by atoms with E-state index in [1.807, 2.05) is 6.07 Å². The molecular formula is C28H32F6N8O5. The Kier molecular flexibility index (Phi) is 11.7. The molecule has 1 aromatic carbocycles. The number of alkyl halides is 6. The molecule has 3 aromatic heterocycles. The van der Waals surface area contributed by atoms with Gasteiger partial charge in [-0.25, -0.2) is 23.9 Å². The molecule has 1 saturated heterocycles. The lowest BCUT2D eigenvalue weighted by Crippen LogP contribution is -2.40. The summed E-state index contributed by atoms with van der Waals surface area (Å²) in [5.41, 5.74) is 11.2. The maximum atomic E-state index is 12.2. The summed E-state index contributed by atoms with van der Waals surface area (Å²) in [5.74, 6) is -3.53. The summed E-state index contributed by atoms with van der Waals surface area (Å²) in [7, 11) is 0. The van der Waals surface area contributed by atoms with Crippen LogP contribution in [0.3, 0.4) is 0 Å². The molecule has 1 fully saturated rings. The molecule has 0 unspecified atom stereocenters. The molecule has 4 heterocycles. The topological polar surface area (TPSA) is 186 Å². The number of anilines is 2. The van der Waals surface area contributed by atoms with Gasteiger partial charge in [-0.05, 0) is 69.5 Å². The van der Waals surface area contributed by atoms with E-state index in [0.29, 0.717) is 29.4 Å². The summed E-state index contributed by atoms with van der Waals surface area (Å²) in [5, 5.41) is 19.4. The number of H-pyrrole nitrogens is 1. The minimum atomic E-state index is -5.19. The molecule has 5 N–H and O–H groups in total. The molecule has 256 valence electrons. The number of piperidine rings is 1. The number of aryl methyl sites for hydroxylation is 2. The number of aromatic amines is 1. The van der Waals surface area contributed by atoms with Crippen LogP contribution < -0.4 is 25.6 Å². The number of carboxylic acid groups (broad SMARTS) is 2. The number of aliphatic carboxylic acids is 2. The number of aromatic nitrogens is 5. The predicted molar refractivity (Wildman–Crippen MR) is 154 cm³/mol. The number of nitrogens with two attached hydrogens (primary N) is 1. The molecule has 1 aliphatic rings. The first-order valence-corrected chi connectivity index (χ1v) is 14.2. The van der Waals surface area contributed by atoms with Crippen LogP contribution in [0.4, 0.5) is 38.0 Å². The summed E-state index contributed by atoms with van der Waals surface area (Å²) < 4.78 is 67.9. The zero-order valence-electron chi connectivity index (χ0n) is 25.2. The zero-order valence-corrected chi connectivity index (χ0v) is 25.2. The Hall–Kier alpha value is -4.94. The number of fused-ring (bicyclic) bond motifs is 2. The highest BCUT2D eigenvalue weighted by molar-refractivity contribution is 5.84. The number of amides is 1. The first kappa shape index (κ1) is 36.5. The lowest BCUT2D eigenvalue weighted by Gasteiger charge is -2.22. The fourth-order valence-corrected chi connectivity index (χ4v) is 5.09. The molecule has 0 bridgehead atoms. The van der Waals surface area contributed by atoms with Gasteiger partial charge in [-0.2, -0.15) is 26.3 Å². The van der Waals surface area contributed by atoms with Gasteiger partial charge in [0.25, 0.3) is 5.82 Å². The number of halogens is 6. The second-order valence-electron chi connectivity index (χ2n) is 10.1. The van der Waals surface area contributed by atoms with Crippen molar-refractivity contribution in [2.45, 2.75) is 64.6 Å². The van der Waals surface area contributed by atoms with E-state index < -0.39 is 24.3 Å². The van der Waals surface area contributed by atoms with Crippen molar-refractivity contribution in [1.29, 1.82) is 0 Å². The molecule has 0 spiro atoms. The Labute approximate surface area is 263 Å². The monoisotopic (exact) mass is 674 g/mol. The highest BCUT2D eigenvalue weighted by Gasteiger charge is 2.38. The summed E-state index contributed by atoms with van der Waals surface area (Å²) in [6, 6.07) is 8.67. The van der Waals surface area contributed by atoms with Crippen LogP contribution in [0.1, 0.15) is 44.0 Å². The third-order valence-electron chi connectivity index (χ3n) is 7.22. The normalized spacial score (nSPS) is 13.8. The Morgan fingerprint density at radius 2 is 1.74 bits per heavy atom. The van der Waals surface area contributed by atoms with Gasteiger partial charge in [0.2, 0.25) is 6.41 Å². The standard InChI is InChI=1S/C24H31N8O.2C2HF3O2/c1-3-31-19-6-5-17(16-7-10-26-11-8-16)13-20(19)32(4-2)21(31)14-30(15-33)24-22(25)29-23-18(28-24)9-12-27-23;2*3-2(4,5)1(6)7/h5-6,9,12-13,15-16,26H,3-4,7-8,10-11,14H2,1-2H3,(H3,25,27,29);2*(H,6,7)/q+1;;/p-1. The van der Waals surface area contributed by atoms with Crippen LogP contribution >= 0.6 is 0 Å². The van der Waals surface area contributed by atoms with E-state index in [-0.39, 0.29) is 5.82 Å². The number of nitrogen functional groups attached to an aromatic ring is 1. The lowest BCUT2D eigenvalue weighted by atomic mass is 9.90. The number of carbonyl (C=O) groups is 3. The van der Waals surface area contributed by atoms with Crippen LogP contribution in [0.5, 0.6) is 0 Å². The van der Waals surface area contributed by atoms with Crippen LogP contribution in [0.15, 0.2) is 30.5 Å². The zero-order chi connectivity index (χ0) is 35.1. The third-order valence-corrected chi connectivity index (χ3v) is 7.22. The maximum absolute atomic E-state index is 12.2. The molecule has 1 amide bonds. The molecule has 1 aliphatic heterocycles. The van der Waals surface area contributed by atoms with Crippen molar-refractivity contribution in [2.24, 2.45) is 0 Å². The molecular weight excluding hydrogens is 642 g/mol. The van der Waals surface area contributed by atoms with Gasteiger partial charge in [-0.1, -0.05) is 6.07 Å². The largest absolute Gasteiger partial charge is 0.542 e. The number of rotatable bonds is 7. The van der Waals surface area contributed by atoms with Crippen LogP contribution in [-0.4, -0.2) is 68.4 Å². The molecule has 5 rings (SSSR count). The van der Waals surface area contributed by atoms with Crippen molar-refractivity contribution in [1.82, 2.24) is 24.8 Å². The molecule has 0 atom stereocenters. The second-order valence-corrected chi connectivity index (χ2v) is 10.1. The van der Waals surface area contributed by atoms with Crippen molar-refractivity contribution in [2.75, 3.05) is 23.7 Å². The van der Waals surface area contributed by atoms with E-state index in [1.165, 1.54) is 16.6 Å². The molecule has 19 heteroatoms. The number of hydrogen-bond acceptors (Lipinski definition) is 8. The van der Waals surface area contributed by atoms with Crippen molar-refractivity contribution in [3.8, 4) is 0 Å². The Morgan fingerprint density at radius 3 is 2.26 bits per heavy atom. The van der Waals surface area contributed by atoms with E-state index in [0.717, 1.165) is 51.3 Å². The van der Waals surface area contributed by atoms with E-state index in [4.69, 9.17) is 25.5 Å². The Morgan fingerprint density at radius 1 is 1.13 bits per heavy atom. The van der Waals surface area contributed by atoms with Crippen LogP contribution in [0.25, 0.3) is 22.2 Å². The summed E-state index contributed by atoms with van der Waals surface area (Å²) in [4.78, 5) is 43.4. The number of hydrogen-bond donors (Lipinski definition) is 4.